The van der Waals surface area contributed by atoms with E-state index in [0.29, 0.717) is 28.5 Å². The summed E-state index contributed by atoms with van der Waals surface area (Å²) in [6.07, 6.45) is 0. The van der Waals surface area contributed by atoms with Gasteiger partial charge in [0.15, 0.2) is 5.82 Å². The zero-order chi connectivity index (χ0) is 15.5. The minimum atomic E-state index is 0.498. The number of rotatable bonds is 5. The van der Waals surface area contributed by atoms with Crippen LogP contribution in [-0.2, 0) is 5.75 Å². The molecule has 22 heavy (non-hydrogen) atoms. The Kier molecular flexibility index (Phi) is 4.19. The summed E-state index contributed by atoms with van der Waals surface area (Å²) < 4.78 is 6.80. The third-order valence-electron chi connectivity index (χ3n) is 3.14. The van der Waals surface area contributed by atoms with E-state index in [4.69, 9.17) is 4.52 Å². The van der Waals surface area contributed by atoms with Crippen LogP contribution in [0.25, 0.3) is 5.69 Å². The van der Waals surface area contributed by atoms with E-state index in [-0.39, 0.29) is 0 Å². The van der Waals surface area contributed by atoms with Gasteiger partial charge in [0.2, 0.25) is 11.0 Å². The lowest BCUT2D eigenvalue weighted by Gasteiger charge is -2.07. The molecule has 3 rings (SSSR count). The molecule has 0 spiro atoms. The van der Waals surface area contributed by atoms with E-state index >= 15 is 0 Å². The van der Waals surface area contributed by atoms with Gasteiger partial charge in [0.1, 0.15) is 0 Å². The Morgan fingerprint density at radius 1 is 1.23 bits per heavy atom. The topological polar surface area (TPSA) is 82.5 Å². The molecule has 0 fully saturated rings. The number of hydrogen-bond acceptors (Lipinski definition) is 7. The molecule has 0 radical (unpaired) electrons. The zero-order valence-electron chi connectivity index (χ0n) is 12.6. The Hall–Kier alpha value is -2.22. The first kappa shape index (κ1) is 14.7. The third kappa shape index (κ3) is 3.16. The zero-order valence-corrected chi connectivity index (χ0v) is 13.4. The van der Waals surface area contributed by atoms with Gasteiger partial charge in [-0.1, -0.05) is 42.9 Å². The molecule has 8 heteroatoms. The lowest BCUT2D eigenvalue weighted by molar-refractivity contribution is 0.387. The van der Waals surface area contributed by atoms with Crippen LogP contribution in [0.5, 0.6) is 0 Å². The lowest BCUT2D eigenvalue weighted by atomic mass is 10.0. The predicted molar refractivity (Wildman–Crippen MR) is 81.8 cm³/mol. The van der Waals surface area contributed by atoms with Crippen LogP contribution in [0.15, 0.2) is 33.9 Å². The highest BCUT2D eigenvalue weighted by molar-refractivity contribution is 7.98. The Morgan fingerprint density at radius 2 is 2.00 bits per heavy atom. The van der Waals surface area contributed by atoms with Crippen LogP contribution in [0.4, 0.5) is 0 Å². The SMILES string of the molecule is Cc1noc(CSc2nnnn2-c2ccc(C(C)C)cc2)n1. The van der Waals surface area contributed by atoms with E-state index in [1.807, 2.05) is 12.1 Å². The summed E-state index contributed by atoms with van der Waals surface area (Å²) in [4.78, 5) is 4.17. The molecule has 114 valence electrons. The average molecular weight is 316 g/mol. The Balaban J connectivity index is 1.76. The molecule has 0 unspecified atom stereocenters. The summed E-state index contributed by atoms with van der Waals surface area (Å²) in [5.74, 6) is 2.22. The molecule has 0 saturated heterocycles. The van der Waals surface area contributed by atoms with Gasteiger partial charge in [-0.2, -0.15) is 9.67 Å². The van der Waals surface area contributed by atoms with Gasteiger partial charge in [-0.3, -0.25) is 0 Å². The molecule has 2 aromatic heterocycles. The van der Waals surface area contributed by atoms with E-state index in [1.165, 1.54) is 17.3 Å². The van der Waals surface area contributed by atoms with Crippen LogP contribution in [0.3, 0.4) is 0 Å². The van der Waals surface area contributed by atoms with Crippen LogP contribution in [0, 0.1) is 6.92 Å². The van der Waals surface area contributed by atoms with Gasteiger partial charge in [-0.15, -0.1) is 5.10 Å². The van der Waals surface area contributed by atoms with E-state index in [2.05, 4.69) is 51.6 Å². The molecule has 3 aromatic rings. The van der Waals surface area contributed by atoms with Crippen molar-refractivity contribution in [2.45, 2.75) is 37.6 Å². The number of benzene rings is 1. The van der Waals surface area contributed by atoms with Crippen LogP contribution in [-0.4, -0.2) is 30.3 Å². The first-order valence-corrected chi connectivity index (χ1v) is 7.93. The summed E-state index contributed by atoms with van der Waals surface area (Å²) in [6.45, 7) is 6.12. The van der Waals surface area contributed by atoms with E-state index in [9.17, 15) is 0 Å². The summed E-state index contributed by atoms with van der Waals surface area (Å²) in [5.41, 5.74) is 2.21. The van der Waals surface area contributed by atoms with Crippen LogP contribution in [0.1, 0.15) is 37.0 Å². The second-order valence-corrected chi connectivity index (χ2v) is 6.09. The van der Waals surface area contributed by atoms with Gasteiger partial charge in [-0.05, 0) is 41.0 Å². The van der Waals surface area contributed by atoms with Crippen molar-refractivity contribution in [1.82, 2.24) is 30.3 Å². The largest absolute Gasteiger partial charge is 0.338 e. The molecular weight excluding hydrogens is 300 g/mol. The molecule has 0 bridgehead atoms. The van der Waals surface area contributed by atoms with Gasteiger partial charge < -0.3 is 4.52 Å². The summed E-state index contributed by atoms with van der Waals surface area (Å²) >= 11 is 1.46. The standard InChI is InChI=1S/C14H16N6OS/c1-9(2)11-4-6-12(7-5-11)20-14(16-18-19-20)22-8-13-15-10(3)17-21-13/h4-7,9H,8H2,1-3H3. The number of aryl methyl sites for hydroxylation is 1. The maximum atomic E-state index is 5.09. The fraction of sp³-hybridized carbons (Fsp3) is 0.357. The van der Waals surface area contributed by atoms with Gasteiger partial charge in [0.25, 0.3) is 0 Å². The first-order chi connectivity index (χ1) is 10.6. The number of hydrogen-bond donors (Lipinski definition) is 0. The van der Waals surface area contributed by atoms with Gasteiger partial charge in [0, 0.05) is 0 Å². The Morgan fingerprint density at radius 3 is 2.64 bits per heavy atom. The highest BCUT2D eigenvalue weighted by Crippen LogP contribution is 2.23. The fourth-order valence-corrected chi connectivity index (χ4v) is 2.68. The van der Waals surface area contributed by atoms with Crippen LogP contribution in [0.2, 0.25) is 0 Å². The highest BCUT2D eigenvalue weighted by atomic mass is 32.2. The molecular formula is C14H16N6OS. The van der Waals surface area contributed by atoms with Crippen molar-refractivity contribution in [3.05, 3.63) is 41.5 Å². The smallest absolute Gasteiger partial charge is 0.237 e. The predicted octanol–water partition coefficient (Wildman–Crippen LogP) is 2.77. The quantitative estimate of drug-likeness (QED) is 0.669. The van der Waals surface area contributed by atoms with Crippen LogP contribution < -0.4 is 0 Å². The molecule has 0 amide bonds. The lowest BCUT2D eigenvalue weighted by Crippen LogP contribution is -2.00. The van der Waals surface area contributed by atoms with Crippen molar-refractivity contribution < 1.29 is 4.52 Å². The minimum Gasteiger partial charge on any atom is -0.338 e. The van der Waals surface area contributed by atoms with Crippen LogP contribution >= 0.6 is 11.8 Å². The van der Waals surface area contributed by atoms with Crippen molar-refractivity contribution in [1.29, 1.82) is 0 Å². The molecule has 2 heterocycles. The Bertz CT molecular complexity index is 749. The molecule has 0 aliphatic rings. The molecule has 1 aromatic carbocycles. The average Bonchev–Trinajstić information content (AvgIpc) is 3.14. The summed E-state index contributed by atoms with van der Waals surface area (Å²) in [7, 11) is 0. The minimum absolute atomic E-state index is 0.498. The Labute approximate surface area is 132 Å². The molecule has 0 aliphatic heterocycles. The molecule has 0 N–H and O–H groups in total. The maximum absolute atomic E-state index is 5.09. The monoisotopic (exact) mass is 316 g/mol. The normalized spacial score (nSPS) is 11.3. The first-order valence-electron chi connectivity index (χ1n) is 6.94. The number of tetrazole rings is 1. The van der Waals surface area contributed by atoms with Crippen molar-refractivity contribution in [3.8, 4) is 5.69 Å². The number of thioether (sulfide) groups is 1. The van der Waals surface area contributed by atoms with Crippen molar-refractivity contribution >= 4 is 11.8 Å². The maximum Gasteiger partial charge on any atom is 0.237 e. The molecule has 0 saturated carbocycles. The number of nitrogens with zero attached hydrogens (tertiary/aromatic N) is 6. The van der Waals surface area contributed by atoms with Gasteiger partial charge >= 0.3 is 0 Å². The van der Waals surface area contributed by atoms with Crippen molar-refractivity contribution in [2.75, 3.05) is 0 Å². The van der Waals surface area contributed by atoms with Crippen molar-refractivity contribution in [2.24, 2.45) is 0 Å². The van der Waals surface area contributed by atoms with E-state index < -0.39 is 0 Å². The van der Waals surface area contributed by atoms with E-state index in [1.54, 1.807) is 11.6 Å². The van der Waals surface area contributed by atoms with Gasteiger partial charge in [0.05, 0.1) is 11.4 Å². The summed E-state index contributed by atoms with van der Waals surface area (Å²) in [6, 6.07) is 8.23. The highest BCUT2D eigenvalue weighted by Gasteiger charge is 2.12. The molecule has 7 nitrogen and oxygen atoms in total. The summed E-state index contributed by atoms with van der Waals surface area (Å²) in [5, 5.41) is 16.3. The van der Waals surface area contributed by atoms with Crippen molar-refractivity contribution in [3.63, 3.8) is 0 Å². The van der Waals surface area contributed by atoms with E-state index in [0.717, 1.165) is 5.69 Å². The third-order valence-corrected chi connectivity index (χ3v) is 4.04. The fourth-order valence-electron chi connectivity index (χ4n) is 1.96. The molecule has 0 atom stereocenters. The second-order valence-electron chi connectivity index (χ2n) is 5.14. The second kappa shape index (κ2) is 6.27. The number of aromatic nitrogens is 6. The van der Waals surface area contributed by atoms with Gasteiger partial charge in [-0.25, -0.2) is 0 Å². The molecule has 0 aliphatic carbocycles.